The van der Waals surface area contributed by atoms with Gasteiger partial charge in [-0.2, -0.15) is 5.10 Å². The van der Waals surface area contributed by atoms with Gasteiger partial charge in [0.05, 0.1) is 17.7 Å². The highest BCUT2D eigenvalue weighted by atomic mass is 16.6. The Kier molecular flexibility index (Phi) is 3.81. The molecule has 126 valence electrons. The smallest absolute Gasteiger partial charge is 0.269 e. The van der Waals surface area contributed by atoms with Gasteiger partial charge in [-0.3, -0.25) is 14.8 Å². The lowest BCUT2D eigenvalue weighted by Gasteiger charge is -2.18. The van der Waals surface area contributed by atoms with Crippen molar-refractivity contribution in [3.8, 4) is 22.6 Å². The highest BCUT2D eigenvalue weighted by molar-refractivity contribution is 5.63. The molecule has 2 aromatic carbocycles. The van der Waals surface area contributed by atoms with E-state index in [1.165, 1.54) is 12.1 Å². The van der Waals surface area contributed by atoms with Gasteiger partial charge < -0.3 is 9.47 Å². The Hall–Kier alpha value is -3.35. The molecule has 0 radical (unpaired) electrons. The molecule has 25 heavy (non-hydrogen) atoms. The summed E-state index contributed by atoms with van der Waals surface area (Å²) in [5.41, 5.74) is 2.93. The van der Waals surface area contributed by atoms with Crippen molar-refractivity contribution in [3.63, 3.8) is 0 Å². The van der Waals surface area contributed by atoms with Crippen LogP contribution in [0.4, 0.5) is 5.69 Å². The average molecular weight is 337 g/mol. The molecule has 0 spiro atoms. The maximum absolute atomic E-state index is 10.7. The van der Waals surface area contributed by atoms with E-state index in [4.69, 9.17) is 9.47 Å². The molecule has 0 bridgehead atoms. The molecule has 2 heterocycles. The molecule has 0 unspecified atom stereocenters. The third-order valence-electron chi connectivity index (χ3n) is 4.00. The maximum Gasteiger partial charge on any atom is 0.269 e. The summed E-state index contributed by atoms with van der Waals surface area (Å²) in [6.07, 6.45) is 3.66. The number of hydrogen-bond donors (Lipinski definition) is 0. The van der Waals surface area contributed by atoms with Crippen molar-refractivity contribution in [2.45, 2.75) is 6.54 Å². The minimum atomic E-state index is -0.408. The van der Waals surface area contributed by atoms with Crippen molar-refractivity contribution in [3.05, 3.63) is 70.5 Å². The summed E-state index contributed by atoms with van der Waals surface area (Å²) in [4.78, 5) is 10.3. The molecule has 1 aliphatic heterocycles. The predicted octanol–water partition coefficient (Wildman–Crippen LogP) is 3.28. The highest BCUT2D eigenvalue weighted by Gasteiger charge is 2.12. The topological polar surface area (TPSA) is 79.4 Å². The van der Waals surface area contributed by atoms with Crippen LogP contribution in [0.5, 0.6) is 11.5 Å². The van der Waals surface area contributed by atoms with E-state index in [1.807, 2.05) is 29.1 Å². The Morgan fingerprint density at radius 1 is 1.04 bits per heavy atom. The molecule has 1 aromatic heterocycles. The molecule has 3 aromatic rings. The molecule has 0 fully saturated rings. The predicted molar refractivity (Wildman–Crippen MR) is 90.9 cm³/mol. The standard InChI is InChI=1S/C18H15N3O4/c22-21(23)16-4-2-14(3-5-16)15-10-19-20(12-15)11-13-1-6-17-18(9-13)25-8-7-24-17/h1-6,9-10,12H,7-8,11H2. The lowest BCUT2D eigenvalue weighted by atomic mass is 10.1. The number of rotatable bonds is 4. The second-order valence-electron chi connectivity index (χ2n) is 5.71. The van der Waals surface area contributed by atoms with Crippen LogP contribution >= 0.6 is 0 Å². The molecule has 0 N–H and O–H groups in total. The van der Waals surface area contributed by atoms with E-state index in [9.17, 15) is 10.1 Å². The average Bonchev–Trinajstić information content (AvgIpc) is 3.10. The molecule has 7 nitrogen and oxygen atoms in total. The first kappa shape index (κ1) is 15.2. The summed E-state index contributed by atoms with van der Waals surface area (Å²) in [6, 6.07) is 12.3. The number of non-ortho nitro benzene ring substituents is 1. The largest absolute Gasteiger partial charge is 0.486 e. The number of fused-ring (bicyclic) bond motifs is 1. The summed E-state index contributed by atoms with van der Waals surface area (Å²) >= 11 is 0. The van der Waals surface area contributed by atoms with Gasteiger partial charge in [-0.25, -0.2) is 0 Å². The van der Waals surface area contributed by atoms with Gasteiger partial charge in [0.2, 0.25) is 0 Å². The summed E-state index contributed by atoms with van der Waals surface area (Å²) in [5, 5.41) is 15.1. The second kappa shape index (κ2) is 6.27. The van der Waals surface area contributed by atoms with Gasteiger partial charge in [0.25, 0.3) is 5.69 Å². The van der Waals surface area contributed by atoms with Gasteiger partial charge in [0.1, 0.15) is 13.2 Å². The third kappa shape index (κ3) is 3.16. The molecular weight excluding hydrogens is 322 g/mol. The fraction of sp³-hybridized carbons (Fsp3) is 0.167. The van der Waals surface area contributed by atoms with Crippen LogP contribution in [0.25, 0.3) is 11.1 Å². The van der Waals surface area contributed by atoms with Crippen molar-refractivity contribution in [1.29, 1.82) is 0 Å². The quantitative estimate of drug-likeness (QED) is 0.539. The van der Waals surface area contributed by atoms with E-state index in [0.717, 1.165) is 28.2 Å². The van der Waals surface area contributed by atoms with E-state index in [0.29, 0.717) is 19.8 Å². The first-order valence-corrected chi connectivity index (χ1v) is 7.85. The van der Waals surface area contributed by atoms with Gasteiger partial charge in [0, 0.05) is 23.9 Å². The fourth-order valence-electron chi connectivity index (χ4n) is 2.75. The minimum absolute atomic E-state index is 0.0763. The highest BCUT2D eigenvalue weighted by Crippen LogP contribution is 2.31. The number of benzene rings is 2. The molecular formula is C18H15N3O4. The van der Waals surface area contributed by atoms with E-state index in [2.05, 4.69) is 5.10 Å². The molecule has 0 saturated heterocycles. The Bertz CT molecular complexity index is 918. The third-order valence-corrected chi connectivity index (χ3v) is 4.00. The SMILES string of the molecule is O=[N+]([O-])c1ccc(-c2cnn(Cc3ccc4c(c3)OCCO4)c2)cc1. The van der Waals surface area contributed by atoms with Crippen LogP contribution in [0, 0.1) is 10.1 Å². The van der Waals surface area contributed by atoms with Crippen LogP contribution < -0.4 is 9.47 Å². The summed E-state index contributed by atoms with van der Waals surface area (Å²) < 4.78 is 12.9. The van der Waals surface area contributed by atoms with Crippen molar-refractivity contribution in [2.24, 2.45) is 0 Å². The monoisotopic (exact) mass is 337 g/mol. The van der Waals surface area contributed by atoms with Crippen LogP contribution in [0.2, 0.25) is 0 Å². The lowest BCUT2D eigenvalue weighted by Crippen LogP contribution is -2.15. The Labute approximate surface area is 143 Å². The molecule has 4 rings (SSSR count). The Morgan fingerprint density at radius 3 is 2.56 bits per heavy atom. The van der Waals surface area contributed by atoms with E-state index < -0.39 is 4.92 Å². The van der Waals surface area contributed by atoms with Crippen LogP contribution in [-0.4, -0.2) is 27.9 Å². The first-order valence-electron chi connectivity index (χ1n) is 7.85. The summed E-state index contributed by atoms with van der Waals surface area (Å²) in [7, 11) is 0. The second-order valence-corrected chi connectivity index (χ2v) is 5.71. The van der Waals surface area contributed by atoms with Crippen LogP contribution in [0.3, 0.4) is 0 Å². The molecule has 7 heteroatoms. The number of nitro groups is 1. The first-order chi connectivity index (χ1) is 12.2. The molecule has 0 atom stereocenters. The van der Waals surface area contributed by atoms with E-state index in [-0.39, 0.29) is 5.69 Å². The van der Waals surface area contributed by atoms with Crippen LogP contribution in [0.1, 0.15) is 5.56 Å². The fourth-order valence-corrected chi connectivity index (χ4v) is 2.75. The number of ether oxygens (including phenoxy) is 2. The zero-order chi connectivity index (χ0) is 17.2. The van der Waals surface area contributed by atoms with Crippen molar-refractivity contribution >= 4 is 5.69 Å². The normalized spacial score (nSPS) is 12.8. The van der Waals surface area contributed by atoms with Crippen molar-refractivity contribution < 1.29 is 14.4 Å². The van der Waals surface area contributed by atoms with Crippen molar-refractivity contribution in [2.75, 3.05) is 13.2 Å². The molecule has 0 amide bonds. The number of nitrogens with zero attached hydrogens (tertiary/aromatic N) is 3. The van der Waals surface area contributed by atoms with Gasteiger partial charge >= 0.3 is 0 Å². The summed E-state index contributed by atoms with van der Waals surface area (Å²) in [5.74, 6) is 1.52. The number of nitro benzene ring substituents is 1. The number of hydrogen-bond acceptors (Lipinski definition) is 5. The van der Waals surface area contributed by atoms with Gasteiger partial charge in [-0.15, -0.1) is 0 Å². The Morgan fingerprint density at radius 2 is 1.80 bits per heavy atom. The zero-order valence-electron chi connectivity index (χ0n) is 13.3. The van der Waals surface area contributed by atoms with Gasteiger partial charge in [0.15, 0.2) is 11.5 Å². The zero-order valence-corrected chi connectivity index (χ0v) is 13.3. The molecule has 0 aliphatic carbocycles. The van der Waals surface area contributed by atoms with E-state index >= 15 is 0 Å². The maximum atomic E-state index is 10.7. The number of aromatic nitrogens is 2. The summed E-state index contributed by atoms with van der Waals surface area (Å²) in [6.45, 7) is 1.73. The van der Waals surface area contributed by atoms with Crippen LogP contribution in [-0.2, 0) is 6.54 Å². The lowest BCUT2D eigenvalue weighted by molar-refractivity contribution is -0.384. The van der Waals surface area contributed by atoms with Crippen LogP contribution in [0.15, 0.2) is 54.9 Å². The Balaban J connectivity index is 1.52. The minimum Gasteiger partial charge on any atom is -0.486 e. The molecule has 0 saturated carbocycles. The van der Waals surface area contributed by atoms with Crippen molar-refractivity contribution in [1.82, 2.24) is 9.78 Å². The molecule has 1 aliphatic rings. The van der Waals surface area contributed by atoms with E-state index in [1.54, 1.807) is 18.3 Å². The van der Waals surface area contributed by atoms with Gasteiger partial charge in [-0.1, -0.05) is 6.07 Å². The van der Waals surface area contributed by atoms with Gasteiger partial charge in [-0.05, 0) is 35.4 Å².